The zero-order valence-corrected chi connectivity index (χ0v) is 15.7. The van der Waals surface area contributed by atoms with E-state index in [-0.39, 0.29) is 6.10 Å². The lowest BCUT2D eigenvalue weighted by molar-refractivity contribution is 0.0657. The van der Waals surface area contributed by atoms with E-state index in [0.717, 1.165) is 19.0 Å². The zero-order valence-electron chi connectivity index (χ0n) is 15.7. The molecule has 0 radical (unpaired) electrons. The second-order valence-electron chi connectivity index (χ2n) is 6.44. The van der Waals surface area contributed by atoms with Crippen molar-refractivity contribution in [3.8, 4) is 0 Å². The number of hydrogen-bond donors (Lipinski definition) is 2. The van der Waals surface area contributed by atoms with Crippen LogP contribution in [0.4, 0.5) is 0 Å². The minimum absolute atomic E-state index is 0.254. The van der Waals surface area contributed by atoms with E-state index in [9.17, 15) is 0 Å². The first-order valence-electron chi connectivity index (χ1n) is 8.76. The van der Waals surface area contributed by atoms with Gasteiger partial charge in [0, 0.05) is 20.1 Å². The predicted molar refractivity (Wildman–Crippen MR) is 105 cm³/mol. The third kappa shape index (κ3) is 6.98. The fourth-order valence-corrected chi connectivity index (χ4v) is 2.31. The van der Waals surface area contributed by atoms with Crippen LogP contribution in [0.3, 0.4) is 0 Å². The van der Waals surface area contributed by atoms with Crippen LogP contribution < -0.4 is 10.6 Å². The summed E-state index contributed by atoms with van der Waals surface area (Å²) in [7, 11) is 1.79. The zero-order chi connectivity index (χ0) is 18.1. The van der Waals surface area contributed by atoms with Crippen LogP contribution >= 0.6 is 0 Å². The van der Waals surface area contributed by atoms with E-state index in [1.807, 2.05) is 13.8 Å². The highest BCUT2D eigenvalue weighted by Gasteiger charge is 2.01. The number of ether oxygens (including phenoxy) is 1. The highest BCUT2D eigenvalue weighted by molar-refractivity contribution is 5.79. The molecular weight excluding hydrogens is 310 g/mol. The van der Waals surface area contributed by atoms with E-state index >= 15 is 0 Å². The van der Waals surface area contributed by atoms with Gasteiger partial charge in [0.15, 0.2) is 5.96 Å². The van der Waals surface area contributed by atoms with Gasteiger partial charge in [0.1, 0.15) is 0 Å². The van der Waals surface area contributed by atoms with Gasteiger partial charge in [0.25, 0.3) is 0 Å². The van der Waals surface area contributed by atoms with Gasteiger partial charge in [-0.3, -0.25) is 4.99 Å². The molecule has 0 bridgehead atoms. The molecule has 0 fully saturated rings. The third-order valence-electron chi connectivity index (χ3n) is 3.87. The van der Waals surface area contributed by atoms with Gasteiger partial charge in [0.2, 0.25) is 0 Å². The van der Waals surface area contributed by atoms with Crippen molar-refractivity contribution in [1.82, 2.24) is 10.6 Å². The van der Waals surface area contributed by atoms with Gasteiger partial charge in [-0.15, -0.1) is 0 Å². The van der Waals surface area contributed by atoms with Gasteiger partial charge in [0.05, 0.1) is 12.7 Å². The molecule has 0 atom stereocenters. The highest BCUT2D eigenvalue weighted by atomic mass is 16.5. The quantitative estimate of drug-likeness (QED) is 0.596. The van der Waals surface area contributed by atoms with Crippen molar-refractivity contribution in [2.45, 2.75) is 46.6 Å². The van der Waals surface area contributed by atoms with Crippen LogP contribution in [0.1, 0.15) is 36.1 Å². The van der Waals surface area contributed by atoms with E-state index in [2.05, 4.69) is 71.1 Å². The standard InChI is InChI=1S/C21H29N3O/c1-16(2)25-15-20-11-9-19(10-12-20)14-24-21(22-4)23-13-18-7-5-17(3)6-8-18/h5-12,16H,13-15H2,1-4H3,(H2,22,23,24). The average Bonchev–Trinajstić information content (AvgIpc) is 2.62. The summed E-state index contributed by atoms with van der Waals surface area (Å²) in [5, 5.41) is 6.68. The van der Waals surface area contributed by atoms with Crippen LogP contribution in [0.15, 0.2) is 53.5 Å². The Labute approximate surface area is 151 Å². The van der Waals surface area contributed by atoms with Crippen molar-refractivity contribution in [2.24, 2.45) is 4.99 Å². The molecule has 4 nitrogen and oxygen atoms in total. The molecule has 0 aliphatic carbocycles. The van der Waals surface area contributed by atoms with E-state index in [0.29, 0.717) is 6.61 Å². The third-order valence-corrected chi connectivity index (χ3v) is 3.87. The molecule has 0 spiro atoms. The maximum Gasteiger partial charge on any atom is 0.191 e. The molecule has 2 rings (SSSR count). The highest BCUT2D eigenvalue weighted by Crippen LogP contribution is 2.07. The molecule has 0 amide bonds. The Bertz CT molecular complexity index is 661. The summed E-state index contributed by atoms with van der Waals surface area (Å²) in [4.78, 5) is 4.28. The van der Waals surface area contributed by atoms with Gasteiger partial charge in [-0.1, -0.05) is 54.1 Å². The summed E-state index contributed by atoms with van der Waals surface area (Å²) in [5.74, 6) is 0.799. The normalized spacial score (nSPS) is 11.6. The number of aliphatic imine (C=N–C) groups is 1. The van der Waals surface area contributed by atoms with Crippen LogP contribution in [-0.4, -0.2) is 19.1 Å². The predicted octanol–water partition coefficient (Wildman–Crippen LogP) is 3.79. The summed E-state index contributed by atoms with van der Waals surface area (Å²) >= 11 is 0. The molecule has 2 aromatic rings. The average molecular weight is 339 g/mol. The topological polar surface area (TPSA) is 45.7 Å². The number of guanidine groups is 1. The minimum Gasteiger partial charge on any atom is -0.374 e. The van der Waals surface area contributed by atoms with Crippen LogP contribution in [0.2, 0.25) is 0 Å². The van der Waals surface area contributed by atoms with Crippen molar-refractivity contribution >= 4 is 5.96 Å². The Morgan fingerprint density at radius 1 is 0.880 bits per heavy atom. The van der Waals surface area contributed by atoms with Crippen LogP contribution in [0.5, 0.6) is 0 Å². The lowest BCUT2D eigenvalue weighted by Crippen LogP contribution is -2.36. The summed E-state index contributed by atoms with van der Waals surface area (Å²) < 4.78 is 5.62. The maximum atomic E-state index is 5.62. The van der Waals surface area contributed by atoms with Crippen molar-refractivity contribution in [1.29, 1.82) is 0 Å². The van der Waals surface area contributed by atoms with E-state index in [4.69, 9.17) is 4.74 Å². The minimum atomic E-state index is 0.254. The van der Waals surface area contributed by atoms with Crippen LogP contribution in [-0.2, 0) is 24.4 Å². The molecule has 0 aromatic heterocycles. The molecule has 0 saturated carbocycles. The molecule has 4 heteroatoms. The number of aryl methyl sites for hydroxylation is 1. The smallest absolute Gasteiger partial charge is 0.191 e. The SMILES string of the molecule is CN=C(NCc1ccc(C)cc1)NCc1ccc(COC(C)C)cc1. The van der Waals surface area contributed by atoms with Crippen LogP contribution in [0.25, 0.3) is 0 Å². The summed E-state index contributed by atoms with van der Waals surface area (Å²) in [6.07, 6.45) is 0.254. The number of benzene rings is 2. The molecule has 0 saturated heterocycles. The van der Waals surface area contributed by atoms with Crippen molar-refractivity contribution < 1.29 is 4.74 Å². The molecule has 0 aliphatic heterocycles. The number of hydrogen-bond acceptors (Lipinski definition) is 2. The molecule has 0 unspecified atom stereocenters. The number of nitrogens with zero attached hydrogens (tertiary/aromatic N) is 1. The van der Waals surface area contributed by atoms with E-state index in [1.54, 1.807) is 7.05 Å². The Morgan fingerprint density at radius 3 is 1.84 bits per heavy atom. The lowest BCUT2D eigenvalue weighted by atomic mass is 10.1. The van der Waals surface area contributed by atoms with Gasteiger partial charge < -0.3 is 15.4 Å². The maximum absolute atomic E-state index is 5.62. The second-order valence-corrected chi connectivity index (χ2v) is 6.44. The first-order chi connectivity index (χ1) is 12.1. The Balaban J connectivity index is 1.79. The molecule has 25 heavy (non-hydrogen) atoms. The van der Waals surface area contributed by atoms with Gasteiger partial charge >= 0.3 is 0 Å². The molecule has 2 N–H and O–H groups in total. The van der Waals surface area contributed by atoms with Crippen molar-refractivity contribution in [3.05, 3.63) is 70.8 Å². The van der Waals surface area contributed by atoms with Gasteiger partial charge in [-0.2, -0.15) is 0 Å². The first-order valence-corrected chi connectivity index (χ1v) is 8.76. The van der Waals surface area contributed by atoms with E-state index in [1.165, 1.54) is 22.3 Å². The fourth-order valence-electron chi connectivity index (χ4n) is 2.31. The van der Waals surface area contributed by atoms with Crippen molar-refractivity contribution in [3.63, 3.8) is 0 Å². The molecule has 0 aliphatic rings. The van der Waals surface area contributed by atoms with Gasteiger partial charge in [-0.25, -0.2) is 0 Å². The number of nitrogens with one attached hydrogen (secondary N) is 2. The summed E-state index contributed by atoms with van der Waals surface area (Å²) in [5.41, 5.74) is 4.92. The monoisotopic (exact) mass is 339 g/mol. The largest absolute Gasteiger partial charge is 0.374 e. The van der Waals surface area contributed by atoms with E-state index < -0.39 is 0 Å². The summed E-state index contributed by atoms with van der Waals surface area (Å²) in [6.45, 7) is 8.34. The van der Waals surface area contributed by atoms with Crippen molar-refractivity contribution in [2.75, 3.05) is 7.05 Å². The molecule has 0 heterocycles. The molecule has 134 valence electrons. The Hall–Kier alpha value is -2.33. The van der Waals surface area contributed by atoms with Crippen LogP contribution in [0, 0.1) is 6.92 Å². The summed E-state index contributed by atoms with van der Waals surface area (Å²) in [6, 6.07) is 17.0. The first kappa shape index (κ1) is 19.0. The molecule has 2 aromatic carbocycles. The number of rotatable bonds is 7. The Kier molecular flexibility index (Phi) is 7.48. The fraction of sp³-hybridized carbons (Fsp3) is 0.381. The second kappa shape index (κ2) is 9.84. The Morgan fingerprint density at radius 2 is 1.36 bits per heavy atom. The molecular formula is C21H29N3O. The van der Waals surface area contributed by atoms with Gasteiger partial charge in [-0.05, 0) is 37.5 Å². The lowest BCUT2D eigenvalue weighted by Gasteiger charge is -2.13.